The lowest BCUT2D eigenvalue weighted by molar-refractivity contribution is -0.0549. The molecule has 0 aliphatic heterocycles. The average molecular weight is 248 g/mol. The summed E-state index contributed by atoms with van der Waals surface area (Å²) in [4.78, 5) is 0. The van der Waals surface area contributed by atoms with E-state index < -0.39 is 22.2 Å². The second-order valence-electron chi connectivity index (χ2n) is 3.43. The minimum Gasteiger partial charge on any atom is -0.263 e. The summed E-state index contributed by atoms with van der Waals surface area (Å²) in [6.07, 6.45) is 2.41. The maximum atomic E-state index is 11.8. The molecule has 0 heterocycles. The fourth-order valence-electron chi connectivity index (χ4n) is 0.908. The number of hydrogen-bond acceptors (Lipinski definition) is 3. The van der Waals surface area contributed by atoms with Crippen LogP contribution in [0.4, 0.5) is 13.2 Å². The summed E-state index contributed by atoms with van der Waals surface area (Å²) < 4.78 is 60.3. The highest BCUT2D eigenvalue weighted by atomic mass is 32.2. The van der Waals surface area contributed by atoms with Gasteiger partial charge in [-0.25, -0.2) is 0 Å². The number of alkyl halides is 3. The van der Waals surface area contributed by atoms with Gasteiger partial charge in [-0.15, -0.1) is 0 Å². The van der Waals surface area contributed by atoms with Gasteiger partial charge in [-0.2, -0.15) is 21.6 Å². The fourth-order valence-corrected chi connectivity index (χ4v) is 1.45. The van der Waals surface area contributed by atoms with Crippen molar-refractivity contribution in [3.63, 3.8) is 0 Å². The Balaban J connectivity index is 4.06. The molecule has 0 spiro atoms. The van der Waals surface area contributed by atoms with Gasteiger partial charge in [0, 0.05) is 0 Å². The maximum Gasteiger partial charge on any atom is 0.523 e. The van der Waals surface area contributed by atoms with Crippen molar-refractivity contribution in [2.45, 2.75) is 38.6 Å². The molecule has 0 aromatic rings. The Morgan fingerprint density at radius 3 is 2.27 bits per heavy atom. The summed E-state index contributed by atoms with van der Waals surface area (Å²) in [7, 11) is -5.42. The Bertz CT molecular complexity index is 271. The zero-order chi connectivity index (χ0) is 12.1. The predicted molar refractivity (Wildman–Crippen MR) is 49.6 cm³/mol. The number of halogens is 3. The van der Waals surface area contributed by atoms with Gasteiger partial charge in [-0.05, 0) is 12.3 Å². The van der Waals surface area contributed by atoms with Gasteiger partial charge in [-0.1, -0.05) is 26.7 Å². The first kappa shape index (κ1) is 14.7. The van der Waals surface area contributed by atoms with Crippen molar-refractivity contribution in [3.05, 3.63) is 0 Å². The third-order valence-electron chi connectivity index (χ3n) is 1.84. The minimum atomic E-state index is -5.42. The van der Waals surface area contributed by atoms with Crippen LogP contribution in [0, 0.1) is 5.92 Å². The first-order valence-corrected chi connectivity index (χ1v) is 6.07. The van der Waals surface area contributed by atoms with Crippen LogP contribution < -0.4 is 0 Å². The van der Waals surface area contributed by atoms with Crippen LogP contribution in [0.2, 0.25) is 0 Å². The molecule has 0 N–H and O–H groups in total. The molecule has 0 bridgehead atoms. The van der Waals surface area contributed by atoms with Gasteiger partial charge in [0.15, 0.2) is 0 Å². The molecule has 0 aromatic carbocycles. The lowest BCUT2D eigenvalue weighted by Gasteiger charge is -2.12. The van der Waals surface area contributed by atoms with E-state index in [1.165, 1.54) is 0 Å². The fraction of sp³-hybridized carbons (Fsp3) is 1.00. The van der Waals surface area contributed by atoms with E-state index in [4.69, 9.17) is 0 Å². The second kappa shape index (κ2) is 5.69. The number of unbranched alkanes of at least 4 members (excludes halogenated alkanes) is 1. The van der Waals surface area contributed by atoms with Gasteiger partial charge >= 0.3 is 15.6 Å². The Morgan fingerprint density at radius 1 is 1.33 bits per heavy atom. The lowest BCUT2D eigenvalue weighted by atomic mass is 10.1. The molecule has 0 amide bonds. The monoisotopic (exact) mass is 248 g/mol. The third-order valence-corrected chi connectivity index (χ3v) is 2.85. The van der Waals surface area contributed by atoms with E-state index in [-0.39, 0.29) is 5.92 Å². The minimum absolute atomic E-state index is 0.193. The quantitative estimate of drug-likeness (QED) is 0.536. The van der Waals surface area contributed by atoms with Gasteiger partial charge in [0.25, 0.3) is 0 Å². The van der Waals surface area contributed by atoms with Crippen LogP contribution in [0.15, 0.2) is 0 Å². The van der Waals surface area contributed by atoms with E-state index in [1.807, 2.05) is 6.92 Å². The number of rotatable bonds is 6. The zero-order valence-corrected chi connectivity index (χ0v) is 9.49. The van der Waals surface area contributed by atoms with E-state index in [0.29, 0.717) is 6.42 Å². The van der Waals surface area contributed by atoms with Crippen LogP contribution in [0.3, 0.4) is 0 Å². The predicted octanol–water partition coefficient (Wildman–Crippen LogP) is 2.68. The number of hydrogen-bond donors (Lipinski definition) is 0. The molecule has 1 atom stereocenters. The van der Waals surface area contributed by atoms with E-state index in [0.717, 1.165) is 12.8 Å². The standard InChI is InChI=1S/C8H15F3O3S/c1-3-4-5-7(2)6-14-15(12,13)8(9,10)11/h7H,3-6H2,1-2H3/t7-/m0/s1. The van der Waals surface area contributed by atoms with Crippen molar-refractivity contribution >= 4 is 10.1 Å². The molecular weight excluding hydrogens is 233 g/mol. The highest BCUT2D eigenvalue weighted by Crippen LogP contribution is 2.25. The molecule has 0 unspecified atom stereocenters. The van der Waals surface area contributed by atoms with Crippen LogP contribution in [-0.2, 0) is 14.3 Å². The largest absolute Gasteiger partial charge is 0.523 e. The lowest BCUT2D eigenvalue weighted by Crippen LogP contribution is -2.27. The molecule has 0 saturated carbocycles. The molecule has 0 aliphatic carbocycles. The van der Waals surface area contributed by atoms with Crippen LogP contribution >= 0.6 is 0 Å². The van der Waals surface area contributed by atoms with E-state index in [1.54, 1.807) is 6.92 Å². The highest BCUT2D eigenvalue weighted by Gasteiger charge is 2.47. The maximum absolute atomic E-state index is 11.8. The van der Waals surface area contributed by atoms with Crippen LogP contribution in [-0.4, -0.2) is 20.5 Å². The third kappa shape index (κ3) is 5.36. The van der Waals surface area contributed by atoms with Crippen LogP contribution in [0.5, 0.6) is 0 Å². The van der Waals surface area contributed by atoms with Crippen molar-refractivity contribution in [1.29, 1.82) is 0 Å². The molecule has 0 rings (SSSR count). The van der Waals surface area contributed by atoms with E-state index in [2.05, 4.69) is 4.18 Å². The first-order chi connectivity index (χ1) is 6.70. The normalized spacial score (nSPS) is 15.3. The average Bonchev–Trinajstić information content (AvgIpc) is 2.09. The smallest absolute Gasteiger partial charge is 0.263 e. The Kier molecular flexibility index (Phi) is 5.58. The molecule has 15 heavy (non-hydrogen) atoms. The zero-order valence-electron chi connectivity index (χ0n) is 8.67. The summed E-state index contributed by atoms with van der Waals surface area (Å²) >= 11 is 0. The Labute approximate surface area is 87.7 Å². The molecule has 7 heteroatoms. The van der Waals surface area contributed by atoms with E-state index >= 15 is 0 Å². The van der Waals surface area contributed by atoms with Gasteiger partial charge < -0.3 is 0 Å². The van der Waals surface area contributed by atoms with Crippen LogP contribution in [0.1, 0.15) is 33.1 Å². The second-order valence-corrected chi connectivity index (χ2v) is 5.04. The molecule has 92 valence electrons. The van der Waals surface area contributed by atoms with Gasteiger partial charge in [0.2, 0.25) is 0 Å². The van der Waals surface area contributed by atoms with Crippen molar-refractivity contribution in [3.8, 4) is 0 Å². The van der Waals surface area contributed by atoms with Crippen molar-refractivity contribution in [2.24, 2.45) is 5.92 Å². The molecule has 3 nitrogen and oxygen atoms in total. The van der Waals surface area contributed by atoms with Gasteiger partial charge in [0.05, 0.1) is 6.61 Å². The topological polar surface area (TPSA) is 43.4 Å². The van der Waals surface area contributed by atoms with Crippen LogP contribution in [0.25, 0.3) is 0 Å². The summed E-state index contributed by atoms with van der Waals surface area (Å²) in [5, 5.41) is 0. The molecule has 0 aliphatic rings. The Morgan fingerprint density at radius 2 is 1.87 bits per heavy atom. The highest BCUT2D eigenvalue weighted by molar-refractivity contribution is 7.87. The van der Waals surface area contributed by atoms with Gasteiger partial charge in [0.1, 0.15) is 0 Å². The van der Waals surface area contributed by atoms with E-state index in [9.17, 15) is 21.6 Å². The summed E-state index contributed by atoms with van der Waals surface area (Å²) in [6, 6.07) is 0. The SMILES string of the molecule is CCCC[C@H](C)COS(=O)(=O)C(F)(F)F. The van der Waals surface area contributed by atoms with Gasteiger partial charge in [-0.3, -0.25) is 4.18 Å². The first-order valence-electron chi connectivity index (χ1n) is 4.66. The Hall–Kier alpha value is -0.300. The summed E-state index contributed by atoms with van der Waals surface area (Å²) in [5.41, 5.74) is -5.32. The molecule has 0 radical (unpaired) electrons. The molecule has 0 fully saturated rings. The summed E-state index contributed by atoms with van der Waals surface area (Å²) in [6.45, 7) is 3.18. The van der Waals surface area contributed by atoms with Crippen molar-refractivity contribution < 1.29 is 25.8 Å². The molecule has 0 saturated heterocycles. The molecule has 0 aromatic heterocycles. The van der Waals surface area contributed by atoms with Crippen molar-refractivity contribution in [2.75, 3.05) is 6.61 Å². The summed E-state index contributed by atoms with van der Waals surface area (Å²) in [5.74, 6) is -0.193. The molecular formula is C8H15F3O3S. The van der Waals surface area contributed by atoms with Crippen molar-refractivity contribution in [1.82, 2.24) is 0 Å².